The van der Waals surface area contributed by atoms with Crippen LogP contribution in [0.2, 0.25) is 5.02 Å². The van der Waals surface area contributed by atoms with E-state index in [0.29, 0.717) is 35.2 Å². The van der Waals surface area contributed by atoms with E-state index < -0.39 is 0 Å². The fourth-order valence-electron chi connectivity index (χ4n) is 2.27. The number of amides is 1. The van der Waals surface area contributed by atoms with Gasteiger partial charge < -0.3 is 14.4 Å². The Morgan fingerprint density at radius 1 is 1.25 bits per heavy atom. The standard InChI is InChI=1S/C19H20ClNO3/c1-4-10-24-17-9-8-15(12-18(17)23-3)19(22)21(2)13-14-6-5-7-16(20)11-14/h4-9,11-12H,1,10,13H2,2-3H3. The van der Waals surface area contributed by atoms with Crippen molar-refractivity contribution in [1.82, 2.24) is 4.90 Å². The van der Waals surface area contributed by atoms with E-state index in [4.69, 9.17) is 21.1 Å². The summed E-state index contributed by atoms with van der Waals surface area (Å²) >= 11 is 5.98. The maximum atomic E-state index is 12.6. The third-order valence-electron chi connectivity index (χ3n) is 3.42. The van der Waals surface area contributed by atoms with Crippen LogP contribution in [0, 0.1) is 0 Å². The molecule has 0 aliphatic heterocycles. The lowest BCUT2D eigenvalue weighted by atomic mass is 10.1. The Balaban J connectivity index is 2.14. The van der Waals surface area contributed by atoms with Crippen molar-refractivity contribution < 1.29 is 14.3 Å². The van der Waals surface area contributed by atoms with Crippen LogP contribution in [-0.4, -0.2) is 31.6 Å². The Bertz CT molecular complexity index is 730. The summed E-state index contributed by atoms with van der Waals surface area (Å²) in [7, 11) is 3.29. The zero-order chi connectivity index (χ0) is 17.5. The minimum Gasteiger partial charge on any atom is -0.493 e. The molecule has 1 amide bonds. The van der Waals surface area contributed by atoms with Gasteiger partial charge in [-0.15, -0.1) is 0 Å². The van der Waals surface area contributed by atoms with Crippen molar-refractivity contribution in [1.29, 1.82) is 0 Å². The fourth-order valence-corrected chi connectivity index (χ4v) is 2.48. The number of benzene rings is 2. The van der Waals surface area contributed by atoms with E-state index in [1.807, 2.05) is 18.2 Å². The van der Waals surface area contributed by atoms with Gasteiger partial charge in [-0.05, 0) is 35.9 Å². The van der Waals surface area contributed by atoms with Crippen LogP contribution in [0.25, 0.3) is 0 Å². The molecule has 0 radical (unpaired) electrons. The molecule has 0 unspecified atom stereocenters. The van der Waals surface area contributed by atoms with Gasteiger partial charge in [0.2, 0.25) is 0 Å². The molecule has 5 heteroatoms. The van der Waals surface area contributed by atoms with Crippen LogP contribution >= 0.6 is 11.6 Å². The van der Waals surface area contributed by atoms with Crippen LogP contribution in [-0.2, 0) is 6.54 Å². The Hall–Kier alpha value is -2.46. The molecular weight excluding hydrogens is 326 g/mol. The van der Waals surface area contributed by atoms with E-state index in [9.17, 15) is 4.79 Å². The highest BCUT2D eigenvalue weighted by molar-refractivity contribution is 6.30. The van der Waals surface area contributed by atoms with Gasteiger partial charge in [0.25, 0.3) is 5.91 Å². The van der Waals surface area contributed by atoms with Crippen LogP contribution in [0.4, 0.5) is 0 Å². The highest BCUT2D eigenvalue weighted by atomic mass is 35.5. The zero-order valence-electron chi connectivity index (χ0n) is 13.8. The minimum atomic E-state index is -0.108. The maximum Gasteiger partial charge on any atom is 0.254 e. The summed E-state index contributed by atoms with van der Waals surface area (Å²) in [6.45, 7) is 4.45. The van der Waals surface area contributed by atoms with Crippen LogP contribution < -0.4 is 9.47 Å². The number of carbonyl (C=O) groups is 1. The smallest absolute Gasteiger partial charge is 0.254 e. The Kier molecular flexibility index (Phi) is 6.27. The molecule has 0 aromatic heterocycles. The van der Waals surface area contributed by atoms with Crippen LogP contribution in [0.15, 0.2) is 55.1 Å². The molecule has 2 aromatic rings. The van der Waals surface area contributed by atoms with E-state index >= 15 is 0 Å². The molecule has 2 aromatic carbocycles. The quantitative estimate of drug-likeness (QED) is 0.706. The number of hydrogen-bond donors (Lipinski definition) is 0. The van der Waals surface area contributed by atoms with E-state index in [1.54, 1.807) is 49.4 Å². The second-order valence-corrected chi connectivity index (χ2v) is 5.69. The molecule has 0 fully saturated rings. The third kappa shape index (κ3) is 4.52. The molecule has 0 saturated carbocycles. The molecule has 0 saturated heterocycles. The topological polar surface area (TPSA) is 38.8 Å². The largest absolute Gasteiger partial charge is 0.493 e. The van der Waals surface area contributed by atoms with Gasteiger partial charge in [0, 0.05) is 24.2 Å². The van der Waals surface area contributed by atoms with Gasteiger partial charge in [-0.3, -0.25) is 4.79 Å². The van der Waals surface area contributed by atoms with Gasteiger partial charge >= 0.3 is 0 Å². The number of carbonyl (C=O) groups excluding carboxylic acids is 1. The van der Waals surface area contributed by atoms with E-state index in [-0.39, 0.29) is 5.91 Å². The lowest BCUT2D eigenvalue weighted by molar-refractivity contribution is 0.0784. The molecule has 0 heterocycles. The van der Waals surface area contributed by atoms with E-state index in [2.05, 4.69) is 6.58 Å². The lowest BCUT2D eigenvalue weighted by Crippen LogP contribution is -2.26. The van der Waals surface area contributed by atoms with Gasteiger partial charge in [0.1, 0.15) is 6.61 Å². The molecule has 24 heavy (non-hydrogen) atoms. The highest BCUT2D eigenvalue weighted by Gasteiger charge is 2.15. The summed E-state index contributed by atoms with van der Waals surface area (Å²) < 4.78 is 10.8. The predicted octanol–water partition coefficient (Wildman–Crippen LogP) is 4.19. The van der Waals surface area contributed by atoms with E-state index in [1.165, 1.54) is 0 Å². The minimum absolute atomic E-state index is 0.108. The molecule has 0 atom stereocenters. The van der Waals surface area contributed by atoms with Crippen LogP contribution in [0.1, 0.15) is 15.9 Å². The molecule has 2 rings (SSSR count). The van der Waals surface area contributed by atoms with Crippen LogP contribution in [0.3, 0.4) is 0 Å². The summed E-state index contributed by atoms with van der Waals surface area (Å²) in [6.07, 6.45) is 1.65. The fraction of sp³-hybridized carbons (Fsp3) is 0.211. The van der Waals surface area contributed by atoms with Crippen molar-refractivity contribution in [3.63, 3.8) is 0 Å². The molecule has 0 aliphatic rings. The number of methoxy groups -OCH3 is 1. The number of rotatable bonds is 7. The van der Waals surface area contributed by atoms with Crippen molar-refractivity contribution in [3.8, 4) is 11.5 Å². The SMILES string of the molecule is C=CCOc1ccc(C(=O)N(C)Cc2cccc(Cl)c2)cc1OC. The van der Waals surface area contributed by atoms with Gasteiger partial charge in [0.15, 0.2) is 11.5 Å². The van der Waals surface area contributed by atoms with Crippen molar-refractivity contribution in [3.05, 3.63) is 71.3 Å². The van der Waals surface area contributed by atoms with Crippen molar-refractivity contribution in [2.24, 2.45) is 0 Å². The summed E-state index contributed by atoms with van der Waals surface area (Å²) in [5.74, 6) is 0.980. The zero-order valence-corrected chi connectivity index (χ0v) is 14.5. The second-order valence-electron chi connectivity index (χ2n) is 5.26. The average Bonchev–Trinajstić information content (AvgIpc) is 2.59. The molecule has 0 bridgehead atoms. The summed E-state index contributed by atoms with van der Waals surface area (Å²) in [6, 6.07) is 12.6. The first kappa shape index (κ1) is 17.9. The molecule has 4 nitrogen and oxygen atoms in total. The molecule has 126 valence electrons. The Morgan fingerprint density at radius 2 is 2.04 bits per heavy atom. The van der Waals surface area contributed by atoms with Crippen molar-refractivity contribution in [2.45, 2.75) is 6.54 Å². The number of ether oxygens (including phenoxy) is 2. The maximum absolute atomic E-state index is 12.6. The van der Waals surface area contributed by atoms with Crippen LogP contribution in [0.5, 0.6) is 11.5 Å². The third-order valence-corrected chi connectivity index (χ3v) is 3.66. The van der Waals surface area contributed by atoms with Crippen molar-refractivity contribution >= 4 is 17.5 Å². The number of halogens is 1. The number of nitrogens with zero attached hydrogens (tertiary/aromatic N) is 1. The predicted molar refractivity (Wildman–Crippen MR) is 95.9 cm³/mol. The molecule has 0 N–H and O–H groups in total. The Morgan fingerprint density at radius 3 is 2.71 bits per heavy atom. The average molecular weight is 346 g/mol. The Labute approximate surface area is 147 Å². The monoisotopic (exact) mass is 345 g/mol. The first-order valence-electron chi connectivity index (χ1n) is 7.46. The summed E-state index contributed by atoms with van der Waals surface area (Å²) in [4.78, 5) is 14.2. The lowest BCUT2D eigenvalue weighted by Gasteiger charge is -2.18. The van der Waals surface area contributed by atoms with Gasteiger partial charge in [-0.1, -0.05) is 36.4 Å². The van der Waals surface area contributed by atoms with E-state index in [0.717, 1.165) is 5.56 Å². The second kappa shape index (κ2) is 8.41. The summed E-state index contributed by atoms with van der Waals surface area (Å²) in [5, 5.41) is 0.652. The normalized spacial score (nSPS) is 10.1. The highest BCUT2D eigenvalue weighted by Crippen LogP contribution is 2.28. The molecular formula is C19H20ClNO3. The van der Waals surface area contributed by atoms with Gasteiger partial charge in [-0.2, -0.15) is 0 Å². The first-order valence-corrected chi connectivity index (χ1v) is 7.84. The number of hydrogen-bond acceptors (Lipinski definition) is 3. The van der Waals surface area contributed by atoms with Gasteiger partial charge in [-0.25, -0.2) is 0 Å². The molecule has 0 spiro atoms. The summed E-state index contributed by atoms with van der Waals surface area (Å²) in [5.41, 5.74) is 1.50. The molecule has 0 aliphatic carbocycles. The van der Waals surface area contributed by atoms with Gasteiger partial charge in [0.05, 0.1) is 7.11 Å². The van der Waals surface area contributed by atoms with Crippen molar-refractivity contribution in [2.75, 3.05) is 20.8 Å². The first-order chi connectivity index (χ1) is 11.5.